The first-order valence-electron chi connectivity index (χ1n) is 19.2. The zero-order chi connectivity index (χ0) is 41.6. The van der Waals surface area contributed by atoms with Crippen LogP contribution >= 0.6 is 31.9 Å². The molecule has 9 nitrogen and oxygen atoms in total. The van der Waals surface area contributed by atoms with E-state index < -0.39 is 35.1 Å². The molecule has 17 heteroatoms. The zero-order valence-corrected chi connectivity index (χ0v) is 38.6. The van der Waals surface area contributed by atoms with E-state index in [4.69, 9.17) is 6.11 Å². The van der Waals surface area contributed by atoms with Crippen molar-refractivity contribution in [2.75, 3.05) is 85.2 Å². The number of hydrogen-bond donors (Lipinski definition) is 1. The number of benzene rings is 2. The molecule has 0 amide bonds. The number of pyridine rings is 2. The van der Waals surface area contributed by atoms with Gasteiger partial charge in [0.25, 0.3) is 0 Å². The molecule has 3 saturated heterocycles. The number of aliphatic hydroxyl groups is 1. The van der Waals surface area contributed by atoms with Crippen LogP contribution in [0.3, 0.4) is 0 Å². The molecule has 2 aromatic heterocycles. The summed E-state index contributed by atoms with van der Waals surface area (Å²) in [5.41, 5.74) is 3.04. The number of halogens is 6. The molecule has 1 unspecified atom stereocenters. The number of carbonyl (C=O) groups excluding carboxylic acids is 1. The van der Waals surface area contributed by atoms with Gasteiger partial charge in [-0.2, -0.15) is 17.6 Å². The van der Waals surface area contributed by atoms with Gasteiger partial charge in [-0.1, -0.05) is 46.7 Å². The van der Waals surface area contributed by atoms with E-state index in [0.29, 0.717) is 0 Å². The van der Waals surface area contributed by atoms with Crippen molar-refractivity contribution in [3.05, 3.63) is 106 Å². The van der Waals surface area contributed by atoms with E-state index >= 15 is 0 Å². The van der Waals surface area contributed by atoms with Crippen molar-refractivity contribution in [2.24, 2.45) is 0 Å². The van der Waals surface area contributed by atoms with E-state index in [9.17, 15) is 27.5 Å². The quantitative estimate of drug-likeness (QED) is 0.162. The molecule has 1 N–H and O–H groups in total. The van der Waals surface area contributed by atoms with Gasteiger partial charge in [0, 0.05) is 103 Å². The Bertz CT molecular complexity index is 1800. The topological polar surface area (TPSA) is 85.3 Å². The fourth-order valence-corrected chi connectivity index (χ4v) is 6.71. The van der Waals surface area contributed by atoms with Crippen LogP contribution in [0.25, 0.3) is 0 Å². The van der Waals surface area contributed by atoms with Crippen LogP contribution in [0.5, 0.6) is 0 Å². The summed E-state index contributed by atoms with van der Waals surface area (Å²) >= 11 is 6.87. The first-order valence-corrected chi connectivity index (χ1v) is 19.8. The molecule has 0 saturated carbocycles. The third-order valence-corrected chi connectivity index (χ3v) is 10.7. The van der Waals surface area contributed by atoms with Crippen molar-refractivity contribution >= 4 is 68.8 Å². The van der Waals surface area contributed by atoms with Crippen molar-refractivity contribution in [3.63, 3.8) is 0 Å². The number of anilines is 4. The molecule has 5 heterocycles. The van der Waals surface area contributed by atoms with E-state index in [-0.39, 0.29) is 46.8 Å². The van der Waals surface area contributed by atoms with Crippen molar-refractivity contribution < 1.29 is 64.6 Å². The van der Waals surface area contributed by atoms with Crippen LogP contribution < -0.4 is 49.2 Å². The minimum Gasteiger partial charge on any atom is -1.00 e. The van der Waals surface area contributed by atoms with Crippen LogP contribution in [-0.4, -0.2) is 101 Å². The molecule has 3 aliphatic rings. The van der Waals surface area contributed by atoms with Gasteiger partial charge in [-0.3, -0.25) is 14.8 Å². The molecule has 3 aliphatic heterocycles. The van der Waals surface area contributed by atoms with Gasteiger partial charge in [0.1, 0.15) is 17.5 Å². The van der Waals surface area contributed by atoms with Crippen molar-refractivity contribution in [3.8, 4) is 0 Å². The second-order valence-corrected chi connectivity index (χ2v) is 15.3. The van der Waals surface area contributed by atoms with Gasteiger partial charge in [-0.15, -0.1) is 0 Å². The van der Waals surface area contributed by atoms with Gasteiger partial charge < -0.3 is 30.9 Å². The molecule has 3 radical (unpaired) electrons. The summed E-state index contributed by atoms with van der Waals surface area (Å²) in [5.74, 6) is -8.06. The van der Waals surface area contributed by atoms with Gasteiger partial charge >= 0.3 is 41.4 Å². The van der Waals surface area contributed by atoms with Crippen molar-refractivity contribution in [1.29, 1.82) is 0 Å². The van der Waals surface area contributed by atoms with Crippen LogP contribution in [0.4, 0.5) is 40.3 Å². The smallest absolute Gasteiger partial charge is 1.00 e. The Labute approximate surface area is 390 Å². The fraction of sp³-hybridized carbons (Fsp3) is 0.452. The third-order valence-electron chi connectivity index (χ3n) is 9.63. The standard InChI is InChI=1S/C18H20BrF2N3O.C18H18BrF2N3O.C4H8O.2CH4.B.Na.H/c2*1-13(25)18(20,21)17-7-6-16(12-22-17)24-10-8-23(9-11-24)15-4-2-14(19)3-5-15;1-2-4-5-3-1;;;;;/h2-7,12-13,25H,8-11H2,1H3;2-7,12H,8-11H2,1H3;1-4H2;2*1H4;;;/q;;;;;;+1;-1/i;;;1D;;;;. The Kier molecular flexibility index (Phi) is 22.4. The Morgan fingerprint density at radius 2 is 1.02 bits per heavy atom. The minimum absolute atomic E-state index is 0. The molecule has 7 rings (SSSR count). The number of piperazine rings is 2. The molecular formula is C42H55BBr2F4N6NaO3. The number of ketones is 1. The van der Waals surface area contributed by atoms with E-state index in [1.807, 2.05) is 24.3 Å². The molecule has 59 heavy (non-hydrogen) atoms. The first-order chi connectivity index (χ1) is 27.3. The average Bonchev–Trinajstić information content (AvgIpc) is 3.84. The predicted octanol–water partition coefficient (Wildman–Crippen LogP) is 6.30. The van der Waals surface area contributed by atoms with E-state index in [2.05, 4.69) is 85.7 Å². The first kappa shape index (κ1) is 52.4. The monoisotopic (exact) mass is 960 g/mol. The Morgan fingerprint density at radius 1 is 0.695 bits per heavy atom. The van der Waals surface area contributed by atoms with Gasteiger partial charge in [-0.25, -0.2) is 0 Å². The fourth-order valence-electron chi connectivity index (χ4n) is 6.18. The summed E-state index contributed by atoms with van der Waals surface area (Å²) in [6.07, 6.45) is 3.67. The number of alkyl halides is 4. The SMILES string of the molecule is C.C1CCOC1.CC(=O)C(F)(F)c1ccc(N2CCN(c3ccc(Br)cc3)CC2)cn1.CC(O)C(F)(F)c1ccc(N2CCN(c3ccc(Br)cc3)CC2)cn1.[2H]C.[B].[H-].[Na+]. The minimum atomic E-state index is -3.53. The number of Topliss-reactive ketones (excluding diaryl/α,β-unsaturated/α-hetero) is 1. The molecule has 0 aliphatic carbocycles. The zero-order valence-electron chi connectivity index (χ0n) is 35.4. The number of nitrogens with zero attached hydrogens (tertiary/aromatic N) is 6. The van der Waals surface area contributed by atoms with Gasteiger partial charge in [0.15, 0.2) is 0 Å². The summed E-state index contributed by atoms with van der Waals surface area (Å²) < 4.78 is 67.7. The predicted molar refractivity (Wildman–Crippen MR) is 236 cm³/mol. The maximum atomic E-state index is 13.8. The molecular weight excluding hydrogens is 906 g/mol. The average molecular weight is 963 g/mol. The van der Waals surface area contributed by atoms with Crippen molar-refractivity contribution in [2.45, 2.75) is 59.5 Å². The normalized spacial score (nSPS) is 15.8. The number of aromatic nitrogens is 2. The molecule has 3 fully saturated rings. The largest absolute Gasteiger partial charge is 1.00 e. The van der Waals surface area contributed by atoms with Crippen LogP contribution in [0.15, 0.2) is 94.1 Å². The maximum Gasteiger partial charge on any atom is 1.00 e. The number of hydrogen-bond acceptors (Lipinski definition) is 9. The van der Waals surface area contributed by atoms with Crippen LogP contribution in [0.1, 0.15) is 55.7 Å². The van der Waals surface area contributed by atoms with Gasteiger partial charge in [0.05, 0.1) is 23.8 Å². The maximum absolute atomic E-state index is 13.8. The Hall–Kier alpha value is -2.73. The summed E-state index contributed by atoms with van der Waals surface area (Å²) in [4.78, 5) is 27.5. The Morgan fingerprint density at radius 3 is 1.29 bits per heavy atom. The molecule has 4 aromatic rings. The molecule has 0 spiro atoms. The van der Waals surface area contributed by atoms with Crippen LogP contribution in [0.2, 0.25) is 0 Å². The molecule has 0 bridgehead atoms. The molecule has 317 valence electrons. The number of aliphatic hydroxyl groups excluding tert-OH is 1. The molecule has 1 atom stereocenters. The van der Waals surface area contributed by atoms with E-state index in [0.717, 1.165) is 105 Å². The number of ether oxygens (including phenoxy) is 1. The van der Waals surface area contributed by atoms with Gasteiger partial charge in [0.2, 0.25) is 5.78 Å². The summed E-state index contributed by atoms with van der Waals surface area (Å²) in [5, 5.41) is 9.20. The third kappa shape index (κ3) is 15.0. The number of rotatable bonds is 8. The van der Waals surface area contributed by atoms with Crippen molar-refractivity contribution in [1.82, 2.24) is 9.97 Å². The second-order valence-electron chi connectivity index (χ2n) is 13.5. The Balaban J connectivity index is 0.000000964. The summed E-state index contributed by atoms with van der Waals surface area (Å²) in [7, 11) is 1.25. The van der Waals surface area contributed by atoms with Crippen LogP contribution in [0, 0.1) is 0 Å². The van der Waals surface area contributed by atoms with Crippen LogP contribution in [-0.2, 0) is 21.4 Å². The van der Waals surface area contributed by atoms with Gasteiger partial charge in [-0.05, 0) is 92.6 Å². The molecule has 2 aromatic carbocycles. The second kappa shape index (κ2) is 25.3. The summed E-state index contributed by atoms with van der Waals surface area (Å²) in [6, 6.07) is 22.1. The number of carbonyl (C=O) groups is 1. The summed E-state index contributed by atoms with van der Waals surface area (Å²) in [6.45, 7) is 10.5. The van der Waals surface area contributed by atoms with E-state index in [1.54, 1.807) is 12.1 Å². The van der Waals surface area contributed by atoms with E-state index in [1.165, 1.54) is 50.5 Å².